The molecule has 0 aliphatic carbocycles. The fraction of sp³-hybridized carbons (Fsp3) is 0.0952. The number of carboxylic acids is 1. The third-order valence-electron chi connectivity index (χ3n) is 4.18. The summed E-state index contributed by atoms with van der Waals surface area (Å²) in [6.45, 7) is 2.38. The zero-order chi connectivity index (χ0) is 18.7. The predicted molar refractivity (Wildman–Crippen MR) is 99.0 cm³/mol. The Morgan fingerprint density at radius 2 is 1.77 bits per heavy atom. The molecule has 3 aromatic rings. The first-order valence-electron chi connectivity index (χ1n) is 8.09. The topological polar surface area (TPSA) is 69.6 Å². The SMILES string of the molecule is Cc1cc(F)ccc1-c1ccc(CNc2ccc(O)c(C(=O)O)c2)cc1. The molecule has 0 saturated heterocycles. The molecule has 0 saturated carbocycles. The molecule has 0 aliphatic rings. The maximum absolute atomic E-state index is 13.2. The molecule has 0 fully saturated rings. The van der Waals surface area contributed by atoms with Gasteiger partial charge in [0.2, 0.25) is 0 Å². The second kappa shape index (κ2) is 7.27. The van der Waals surface area contributed by atoms with Gasteiger partial charge in [0.25, 0.3) is 0 Å². The van der Waals surface area contributed by atoms with E-state index < -0.39 is 5.97 Å². The van der Waals surface area contributed by atoms with Crippen molar-refractivity contribution in [1.82, 2.24) is 0 Å². The number of phenols is 1. The molecule has 0 aliphatic heterocycles. The van der Waals surface area contributed by atoms with Crippen LogP contribution in [0.2, 0.25) is 0 Å². The summed E-state index contributed by atoms with van der Waals surface area (Å²) in [7, 11) is 0. The Bertz CT molecular complexity index is 952. The van der Waals surface area contributed by atoms with Crippen LogP contribution in [0.15, 0.2) is 60.7 Å². The van der Waals surface area contributed by atoms with Crippen LogP contribution in [0.1, 0.15) is 21.5 Å². The lowest BCUT2D eigenvalue weighted by Gasteiger charge is -2.10. The van der Waals surface area contributed by atoms with Gasteiger partial charge in [-0.15, -0.1) is 0 Å². The molecule has 0 aromatic heterocycles. The third kappa shape index (κ3) is 3.83. The Morgan fingerprint density at radius 1 is 1.04 bits per heavy atom. The normalized spacial score (nSPS) is 10.5. The Kier molecular flexibility index (Phi) is 4.89. The zero-order valence-corrected chi connectivity index (χ0v) is 14.2. The quantitative estimate of drug-likeness (QED) is 0.577. The minimum atomic E-state index is -1.18. The summed E-state index contributed by atoms with van der Waals surface area (Å²) in [5.41, 5.74) is 4.34. The van der Waals surface area contributed by atoms with Gasteiger partial charge in [0.1, 0.15) is 17.1 Å². The Morgan fingerprint density at radius 3 is 2.42 bits per heavy atom. The average molecular weight is 351 g/mol. The number of hydrogen-bond acceptors (Lipinski definition) is 3. The van der Waals surface area contributed by atoms with Crippen molar-refractivity contribution in [2.75, 3.05) is 5.32 Å². The molecule has 3 N–H and O–H groups in total. The molecule has 4 nitrogen and oxygen atoms in total. The maximum Gasteiger partial charge on any atom is 0.339 e. The largest absolute Gasteiger partial charge is 0.507 e. The number of aromatic hydroxyl groups is 1. The lowest BCUT2D eigenvalue weighted by atomic mass is 9.99. The molecule has 26 heavy (non-hydrogen) atoms. The highest BCUT2D eigenvalue weighted by molar-refractivity contribution is 5.92. The first-order chi connectivity index (χ1) is 12.4. The van der Waals surface area contributed by atoms with Crippen molar-refractivity contribution >= 4 is 11.7 Å². The molecule has 0 amide bonds. The first-order valence-corrected chi connectivity index (χ1v) is 8.09. The minimum absolute atomic E-state index is 0.142. The van der Waals surface area contributed by atoms with Crippen LogP contribution >= 0.6 is 0 Å². The number of halogens is 1. The van der Waals surface area contributed by atoms with Crippen molar-refractivity contribution < 1.29 is 19.4 Å². The van der Waals surface area contributed by atoms with Crippen molar-refractivity contribution in [3.05, 3.63) is 83.2 Å². The smallest absolute Gasteiger partial charge is 0.339 e. The van der Waals surface area contributed by atoms with Crippen molar-refractivity contribution in [1.29, 1.82) is 0 Å². The van der Waals surface area contributed by atoms with Crippen molar-refractivity contribution in [2.24, 2.45) is 0 Å². The molecular formula is C21H18FNO3. The van der Waals surface area contributed by atoms with Crippen LogP contribution in [0.25, 0.3) is 11.1 Å². The van der Waals surface area contributed by atoms with Gasteiger partial charge in [0, 0.05) is 12.2 Å². The van der Waals surface area contributed by atoms with E-state index >= 15 is 0 Å². The number of hydrogen-bond donors (Lipinski definition) is 3. The summed E-state index contributed by atoms with van der Waals surface area (Å²) >= 11 is 0. The summed E-state index contributed by atoms with van der Waals surface area (Å²) in [6.07, 6.45) is 0. The summed E-state index contributed by atoms with van der Waals surface area (Å²) < 4.78 is 13.2. The first kappa shape index (κ1) is 17.5. The molecular weight excluding hydrogens is 333 g/mol. The molecule has 0 unspecified atom stereocenters. The standard InChI is InChI=1S/C21H18FNO3/c1-13-10-16(22)6-8-18(13)15-4-2-14(3-5-15)12-23-17-7-9-20(24)19(11-17)21(25)26/h2-11,23-24H,12H2,1H3,(H,25,26). The van der Waals surface area contributed by atoms with Gasteiger partial charge in [-0.2, -0.15) is 0 Å². The van der Waals surface area contributed by atoms with Gasteiger partial charge < -0.3 is 15.5 Å². The van der Waals surface area contributed by atoms with E-state index in [1.165, 1.54) is 24.3 Å². The van der Waals surface area contributed by atoms with Gasteiger partial charge in [-0.25, -0.2) is 9.18 Å². The second-order valence-electron chi connectivity index (χ2n) is 6.05. The van der Waals surface area contributed by atoms with E-state index in [0.717, 1.165) is 22.3 Å². The molecule has 132 valence electrons. The number of benzene rings is 3. The monoisotopic (exact) mass is 351 g/mol. The maximum atomic E-state index is 13.2. The van der Waals surface area contributed by atoms with Gasteiger partial charge in [-0.3, -0.25) is 0 Å². The van der Waals surface area contributed by atoms with Crippen LogP contribution in [-0.4, -0.2) is 16.2 Å². The number of nitrogens with one attached hydrogen (secondary N) is 1. The highest BCUT2D eigenvalue weighted by Crippen LogP contribution is 2.25. The third-order valence-corrected chi connectivity index (χ3v) is 4.18. The van der Waals surface area contributed by atoms with E-state index in [2.05, 4.69) is 5.32 Å². The van der Waals surface area contributed by atoms with E-state index in [-0.39, 0.29) is 17.1 Å². The fourth-order valence-corrected chi connectivity index (χ4v) is 2.77. The molecule has 3 aromatic carbocycles. The molecule has 5 heteroatoms. The van der Waals surface area contributed by atoms with E-state index in [4.69, 9.17) is 5.11 Å². The molecule has 0 heterocycles. The minimum Gasteiger partial charge on any atom is -0.507 e. The van der Waals surface area contributed by atoms with Gasteiger partial charge in [0.15, 0.2) is 0 Å². The van der Waals surface area contributed by atoms with Crippen LogP contribution in [0.4, 0.5) is 10.1 Å². The van der Waals surface area contributed by atoms with Crippen LogP contribution < -0.4 is 5.32 Å². The summed E-state index contributed by atoms with van der Waals surface area (Å²) in [5, 5.41) is 21.7. The number of carboxylic acid groups (broad SMARTS) is 1. The predicted octanol–water partition coefficient (Wildman–Crippen LogP) is 4.82. The van der Waals surface area contributed by atoms with Gasteiger partial charge >= 0.3 is 5.97 Å². The van der Waals surface area contributed by atoms with Crippen LogP contribution in [0, 0.1) is 12.7 Å². The number of aromatic carboxylic acids is 1. The number of carbonyl (C=O) groups is 1. The van der Waals surface area contributed by atoms with Gasteiger partial charge in [-0.05, 0) is 59.5 Å². The van der Waals surface area contributed by atoms with Crippen molar-refractivity contribution in [3.63, 3.8) is 0 Å². The van der Waals surface area contributed by atoms with E-state index in [9.17, 15) is 14.3 Å². The van der Waals surface area contributed by atoms with Crippen LogP contribution in [-0.2, 0) is 6.54 Å². The number of aryl methyl sites for hydroxylation is 1. The highest BCUT2D eigenvalue weighted by atomic mass is 19.1. The average Bonchev–Trinajstić information content (AvgIpc) is 2.61. The van der Waals surface area contributed by atoms with E-state index in [0.29, 0.717) is 12.2 Å². The molecule has 0 spiro atoms. The Labute approximate surface area is 150 Å². The summed E-state index contributed by atoms with van der Waals surface area (Å²) in [4.78, 5) is 11.1. The van der Waals surface area contributed by atoms with Gasteiger partial charge in [-0.1, -0.05) is 30.3 Å². The van der Waals surface area contributed by atoms with Crippen molar-refractivity contribution in [2.45, 2.75) is 13.5 Å². The summed E-state index contributed by atoms with van der Waals surface area (Å²) in [6, 6.07) is 17.0. The van der Waals surface area contributed by atoms with Crippen LogP contribution in [0.5, 0.6) is 5.75 Å². The summed E-state index contributed by atoms with van der Waals surface area (Å²) in [5.74, 6) is -1.69. The lowest BCUT2D eigenvalue weighted by Crippen LogP contribution is -2.02. The number of anilines is 1. The lowest BCUT2D eigenvalue weighted by molar-refractivity contribution is 0.0694. The molecule has 0 radical (unpaired) electrons. The highest BCUT2D eigenvalue weighted by Gasteiger charge is 2.10. The Balaban J connectivity index is 1.72. The van der Waals surface area contributed by atoms with Gasteiger partial charge in [0.05, 0.1) is 0 Å². The van der Waals surface area contributed by atoms with E-state index in [1.807, 2.05) is 31.2 Å². The van der Waals surface area contributed by atoms with Crippen LogP contribution in [0.3, 0.4) is 0 Å². The van der Waals surface area contributed by atoms with E-state index in [1.54, 1.807) is 12.1 Å². The second-order valence-corrected chi connectivity index (χ2v) is 6.05. The van der Waals surface area contributed by atoms with Crippen molar-refractivity contribution in [3.8, 4) is 16.9 Å². The fourth-order valence-electron chi connectivity index (χ4n) is 2.77. The molecule has 3 rings (SSSR count). The zero-order valence-electron chi connectivity index (χ0n) is 14.2. The number of rotatable bonds is 5. The molecule has 0 bridgehead atoms. The molecule has 0 atom stereocenters. The Hall–Kier alpha value is -3.34.